The quantitative estimate of drug-likeness (QED) is 0.152. The van der Waals surface area contributed by atoms with Crippen LogP contribution >= 0.6 is 0 Å². The number of para-hydroxylation sites is 3. The molecule has 0 fully saturated rings. The molecule has 7 heteroatoms. The second-order valence-electron chi connectivity index (χ2n) is 9.25. The molecule has 0 saturated heterocycles. The molecule has 4 aromatic rings. The van der Waals surface area contributed by atoms with Crippen molar-refractivity contribution in [1.82, 2.24) is 14.9 Å². The molecule has 1 amide bonds. The number of fused-ring (bicyclic) bond motifs is 1. The lowest BCUT2D eigenvalue weighted by molar-refractivity contribution is 0.0952. The summed E-state index contributed by atoms with van der Waals surface area (Å²) in [5.41, 5.74) is 3.83. The molecular weight excluding hydrogens is 490 g/mol. The molecule has 0 aliphatic rings. The fraction of sp³-hybridized carbons (Fsp3) is 0.312. The van der Waals surface area contributed by atoms with Gasteiger partial charge in [-0.1, -0.05) is 36.4 Å². The van der Waals surface area contributed by atoms with Gasteiger partial charge in [-0.25, -0.2) is 4.98 Å². The van der Waals surface area contributed by atoms with E-state index >= 15 is 0 Å². The number of hydrogen-bond donors (Lipinski definition) is 1. The van der Waals surface area contributed by atoms with Crippen molar-refractivity contribution >= 4 is 16.9 Å². The van der Waals surface area contributed by atoms with Gasteiger partial charge in [0.15, 0.2) is 11.5 Å². The number of methoxy groups -OCH3 is 2. The standard InChI is InChI=1S/C32H37N3O4/c1-4-12-24-13-5-8-16-28(24)39-22-10-9-21-35-27-15-7-6-14-26(27)34-31(35)17-11-20-33-32(36)25-18-19-29(37-2)30(23-25)38-3/h4-8,13-16,18-19,23H,1,9-12,17,20-22H2,2-3H3,(H,33,36). The monoisotopic (exact) mass is 527 g/mol. The molecule has 3 aromatic carbocycles. The van der Waals surface area contributed by atoms with E-state index in [2.05, 4.69) is 28.6 Å². The molecule has 0 saturated carbocycles. The van der Waals surface area contributed by atoms with Crippen LogP contribution in [0.5, 0.6) is 17.2 Å². The smallest absolute Gasteiger partial charge is 0.251 e. The van der Waals surface area contributed by atoms with E-state index in [1.807, 2.05) is 42.5 Å². The number of amides is 1. The maximum absolute atomic E-state index is 12.6. The predicted octanol–water partition coefficient (Wildman–Crippen LogP) is 6.00. The maximum Gasteiger partial charge on any atom is 0.251 e. The lowest BCUT2D eigenvalue weighted by Gasteiger charge is -2.12. The highest BCUT2D eigenvalue weighted by Gasteiger charge is 2.13. The van der Waals surface area contributed by atoms with Gasteiger partial charge in [-0.15, -0.1) is 6.58 Å². The van der Waals surface area contributed by atoms with Crippen molar-refractivity contribution in [2.45, 2.75) is 38.6 Å². The number of nitrogens with one attached hydrogen (secondary N) is 1. The first kappa shape index (κ1) is 27.8. The van der Waals surface area contributed by atoms with E-state index in [1.165, 1.54) is 0 Å². The Morgan fingerprint density at radius 2 is 1.74 bits per heavy atom. The Hall–Kier alpha value is -4.26. The van der Waals surface area contributed by atoms with E-state index in [-0.39, 0.29) is 5.91 Å². The lowest BCUT2D eigenvalue weighted by Crippen LogP contribution is -2.25. The molecule has 1 aromatic heterocycles. The van der Waals surface area contributed by atoms with Crippen molar-refractivity contribution in [3.05, 3.63) is 96.3 Å². The highest BCUT2D eigenvalue weighted by atomic mass is 16.5. The summed E-state index contributed by atoms with van der Waals surface area (Å²) in [6, 6.07) is 21.5. The first-order chi connectivity index (χ1) is 19.1. The van der Waals surface area contributed by atoms with Crippen molar-refractivity contribution in [2.24, 2.45) is 0 Å². The van der Waals surface area contributed by atoms with Crippen molar-refractivity contribution < 1.29 is 19.0 Å². The predicted molar refractivity (Wildman–Crippen MR) is 155 cm³/mol. The highest BCUT2D eigenvalue weighted by molar-refractivity contribution is 5.94. The number of allylic oxidation sites excluding steroid dienone is 1. The van der Waals surface area contributed by atoms with Gasteiger partial charge >= 0.3 is 0 Å². The van der Waals surface area contributed by atoms with E-state index in [0.717, 1.165) is 66.8 Å². The van der Waals surface area contributed by atoms with E-state index < -0.39 is 0 Å². The number of imidazole rings is 1. The van der Waals surface area contributed by atoms with Gasteiger partial charge in [-0.3, -0.25) is 4.79 Å². The van der Waals surface area contributed by atoms with Gasteiger partial charge < -0.3 is 24.1 Å². The molecule has 0 aliphatic heterocycles. The fourth-order valence-electron chi connectivity index (χ4n) is 4.62. The van der Waals surface area contributed by atoms with Crippen LogP contribution in [0.15, 0.2) is 79.4 Å². The number of nitrogens with zero attached hydrogens (tertiary/aromatic N) is 2. The van der Waals surface area contributed by atoms with Crippen molar-refractivity contribution in [2.75, 3.05) is 27.4 Å². The van der Waals surface area contributed by atoms with Gasteiger partial charge in [0.25, 0.3) is 5.91 Å². The Balaban J connectivity index is 1.30. The number of hydrogen-bond acceptors (Lipinski definition) is 5. The van der Waals surface area contributed by atoms with Crippen LogP contribution in [0, 0.1) is 0 Å². The number of aromatic nitrogens is 2. The Labute approximate surface area is 230 Å². The van der Waals surface area contributed by atoms with Crippen LogP contribution in [0.4, 0.5) is 0 Å². The van der Waals surface area contributed by atoms with Crippen LogP contribution in [0.3, 0.4) is 0 Å². The molecule has 7 nitrogen and oxygen atoms in total. The van der Waals surface area contributed by atoms with Crippen LogP contribution in [-0.4, -0.2) is 42.8 Å². The zero-order valence-corrected chi connectivity index (χ0v) is 22.8. The minimum atomic E-state index is -0.140. The molecule has 0 bridgehead atoms. The lowest BCUT2D eigenvalue weighted by atomic mass is 10.1. The zero-order valence-electron chi connectivity index (χ0n) is 22.8. The number of carbonyl (C=O) groups is 1. The Morgan fingerprint density at radius 1 is 0.949 bits per heavy atom. The molecule has 0 aliphatic carbocycles. The molecule has 0 atom stereocenters. The molecule has 4 rings (SSSR count). The van der Waals surface area contributed by atoms with Gasteiger partial charge in [0.05, 0.1) is 31.9 Å². The summed E-state index contributed by atoms with van der Waals surface area (Å²) in [5, 5.41) is 3.01. The van der Waals surface area contributed by atoms with Crippen molar-refractivity contribution in [1.29, 1.82) is 0 Å². The average Bonchev–Trinajstić information content (AvgIpc) is 3.32. The Morgan fingerprint density at radius 3 is 2.56 bits per heavy atom. The first-order valence-corrected chi connectivity index (χ1v) is 13.4. The summed E-state index contributed by atoms with van der Waals surface area (Å²) in [6.45, 7) is 5.92. The third-order valence-electron chi connectivity index (χ3n) is 6.61. The summed E-state index contributed by atoms with van der Waals surface area (Å²) in [5.74, 6) is 2.96. The normalized spacial score (nSPS) is 10.8. The second kappa shape index (κ2) is 14.0. The number of benzene rings is 3. The summed E-state index contributed by atoms with van der Waals surface area (Å²) < 4.78 is 18.9. The van der Waals surface area contributed by atoms with Crippen LogP contribution < -0.4 is 19.5 Å². The number of ether oxygens (including phenoxy) is 3. The van der Waals surface area contributed by atoms with Gasteiger partial charge in [0.2, 0.25) is 0 Å². The molecule has 1 N–H and O–H groups in total. The Bertz CT molecular complexity index is 1400. The third-order valence-corrected chi connectivity index (χ3v) is 6.61. The Kier molecular flexibility index (Phi) is 10.0. The molecule has 1 heterocycles. The van der Waals surface area contributed by atoms with Gasteiger partial charge in [-0.05, 0) is 67.6 Å². The number of unbranched alkanes of at least 4 members (excludes halogenated alkanes) is 1. The minimum Gasteiger partial charge on any atom is -0.493 e. The van der Waals surface area contributed by atoms with Crippen LogP contribution in [0.2, 0.25) is 0 Å². The number of carbonyl (C=O) groups excluding carboxylic acids is 1. The molecule has 0 unspecified atom stereocenters. The van der Waals surface area contributed by atoms with Crippen LogP contribution in [0.1, 0.15) is 41.0 Å². The maximum atomic E-state index is 12.6. The van der Waals surface area contributed by atoms with Gasteiger partial charge in [0.1, 0.15) is 11.6 Å². The molecule has 204 valence electrons. The summed E-state index contributed by atoms with van der Waals surface area (Å²) in [7, 11) is 3.13. The van der Waals surface area contributed by atoms with Crippen LogP contribution in [-0.2, 0) is 19.4 Å². The SMILES string of the molecule is C=CCc1ccccc1OCCCCn1c(CCCNC(=O)c2ccc(OC)c(OC)c2)nc2ccccc21. The largest absolute Gasteiger partial charge is 0.493 e. The third kappa shape index (κ3) is 7.19. The molecule has 39 heavy (non-hydrogen) atoms. The molecule has 0 radical (unpaired) electrons. The summed E-state index contributed by atoms with van der Waals surface area (Å²) in [4.78, 5) is 17.5. The van der Waals surface area contributed by atoms with Crippen molar-refractivity contribution in [3.8, 4) is 17.2 Å². The molecule has 0 spiro atoms. The zero-order chi connectivity index (χ0) is 27.5. The number of rotatable bonds is 15. The van der Waals surface area contributed by atoms with Crippen molar-refractivity contribution in [3.63, 3.8) is 0 Å². The second-order valence-corrected chi connectivity index (χ2v) is 9.25. The van der Waals surface area contributed by atoms with E-state index in [9.17, 15) is 4.79 Å². The fourth-order valence-corrected chi connectivity index (χ4v) is 4.62. The first-order valence-electron chi connectivity index (χ1n) is 13.4. The van der Waals surface area contributed by atoms with E-state index in [1.54, 1.807) is 32.4 Å². The minimum absolute atomic E-state index is 0.140. The average molecular weight is 528 g/mol. The van der Waals surface area contributed by atoms with Crippen LogP contribution in [0.25, 0.3) is 11.0 Å². The topological polar surface area (TPSA) is 74.6 Å². The summed E-state index contributed by atoms with van der Waals surface area (Å²) >= 11 is 0. The number of aryl methyl sites for hydroxylation is 2. The van der Waals surface area contributed by atoms with E-state index in [4.69, 9.17) is 19.2 Å². The van der Waals surface area contributed by atoms with Gasteiger partial charge in [0, 0.05) is 25.1 Å². The summed E-state index contributed by atoms with van der Waals surface area (Å²) in [6.07, 6.45) is 6.17. The highest BCUT2D eigenvalue weighted by Crippen LogP contribution is 2.27. The van der Waals surface area contributed by atoms with E-state index in [0.29, 0.717) is 30.2 Å². The molecular formula is C32H37N3O4. The van der Waals surface area contributed by atoms with Gasteiger partial charge in [-0.2, -0.15) is 0 Å².